The normalized spacial score (nSPS) is 11.5. The van der Waals surface area contributed by atoms with E-state index in [0.717, 1.165) is 5.56 Å². The highest BCUT2D eigenvalue weighted by Gasteiger charge is 2.28. The standard InChI is InChI=1S/C17H20O4/c1-3-7-16(19)15(17(20)21-2)12-14(18)11-10-13-8-5-4-6-9-13/h3-6,8-9,15H,1,7,10-12H2,2H3. The number of allylic oxidation sites excluding steroid dienone is 1. The van der Waals surface area contributed by atoms with Crippen LogP contribution in [0.4, 0.5) is 0 Å². The molecule has 0 spiro atoms. The van der Waals surface area contributed by atoms with Crippen molar-refractivity contribution in [2.75, 3.05) is 7.11 Å². The molecule has 0 amide bonds. The van der Waals surface area contributed by atoms with E-state index in [0.29, 0.717) is 12.8 Å². The molecule has 0 aliphatic heterocycles. The molecule has 0 radical (unpaired) electrons. The van der Waals surface area contributed by atoms with Crippen LogP contribution in [-0.2, 0) is 25.5 Å². The van der Waals surface area contributed by atoms with Gasteiger partial charge in [-0.3, -0.25) is 14.4 Å². The quantitative estimate of drug-likeness (QED) is 0.398. The summed E-state index contributed by atoms with van der Waals surface area (Å²) in [5, 5.41) is 0. The van der Waals surface area contributed by atoms with Crippen molar-refractivity contribution in [1.29, 1.82) is 0 Å². The second-order valence-corrected chi connectivity index (χ2v) is 4.76. The van der Waals surface area contributed by atoms with Gasteiger partial charge in [0.2, 0.25) is 0 Å². The number of esters is 1. The van der Waals surface area contributed by atoms with Crippen molar-refractivity contribution < 1.29 is 19.1 Å². The Morgan fingerprint density at radius 2 is 1.90 bits per heavy atom. The lowest BCUT2D eigenvalue weighted by atomic mass is 9.93. The second-order valence-electron chi connectivity index (χ2n) is 4.76. The molecule has 4 nitrogen and oxygen atoms in total. The summed E-state index contributed by atoms with van der Waals surface area (Å²) < 4.78 is 4.60. The van der Waals surface area contributed by atoms with Crippen LogP contribution in [0.25, 0.3) is 0 Å². The highest BCUT2D eigenvalue weighted by atomic mass is 16.5. The molecule has 4 heteroatoms. The minimum absolute atomic E-state index is 0.0612. The summed E-state index contributed by atoms with van der Waals surface area (Å²) in [6, 6.07) is 9.60. The largest absolute Gasteiger partial charge is 0.468 e. The maximum atomic E-state index is 12.0. The average Bonchev–Trinajstić information content (AvgIpc) is 2.51. The topological polar surface area (TPSA) is 60.4 Å². The first-order chi connectivity index (χ1) is 10.1. The van der Waals surface area contributed by atoms with E-state index in [1.54, 1.807) is 0 Å². The molecule has 1 aromatic rings. The predicted molar refractivity (Wildman–Crippen MR) is 79.7 cm³/mol. The van der Waals surface area contributed by atoms with Crippen LogP contribution in [0.3, 0.4) is 0 Å². The zero-order valence-corrected chi connectivity index (χ0v) is 12.2. The van der Waals surface area contributed by atoms with Gasteiger partial charge in [-0.05, 0) is 12.0 Å². The minimum Gasteiger partial charge on any atom is -0.468 e. The molecule has 0 N–H and O–H groups in total. The maximum absolute atomic E-state index is 12.0. The SMILES string of the molecule is C=CCC(=O)C(CC(=O)CCc1ccccc1)C(=O)OC. The molecule has 1 aromatic carbocycles. The predicted octanol–water partition coefficient (Wildman–Crippen LogP) is 2.51. The van der Waals surface area contributed by atoms with Crippen molar-refractivity contribution in [3.8, 4) is 0 Å². The van der Waals surface area contributed by atoms with E-state index < -0.39 is 11.9 Å². The number of hydrogen-bond donors (Lipinski definition) is 0. The van der Waals surface area contributed by atoms with Gasteiger partial charge in [0.15, 0.2) is 5.78 Å². The molecule has 0 aliphatic rings. The Morgan fingerprint density at radius 1 is 1.24 bits per heavy atom. The number of methoxy groups -OCH3 is 1. The van der Waals surface area contributed by atoms with Crippen LogP contribution in [0, 0.1) is 5.92 Å². The zero-order chi connectivity index (χ0) is 15.7. The Hall–Kier alpha value is -2.23. The number of carbonyl (C=O) groups excluding carboxylic acids is 3. The van der Waals surface area contributed by atoms with E-state index in [4.69, 9.17) is 0 Å². The third-order valence-corrected chi connectivity index (χ3v) is 3.19. The number of hydrogen-bond acceptors (Lipinski definition) is 4. The van der Waals surface area contributed by atoms with E-state index in [1.807, 2.05) is 30.3 Å². The van der Waals surface area contributed by atoms with E-state index in [1.165, 1.54) is 13.2 Å². The van der Waals surface area contributed by atoms with Crippen LogP contribution in [0.1, 0.15) is 24.8 Å². The summed E-state index contributed by atoms with van der Waals surface area (Å²) in [5.41, 5.74) is 1.05. The lowest BCUT2D eigenvalue weighted by Crippen LogP contribution is -2.27. The third-order valence-electron chi connectivity index (χ3n) is 3.19. The third kappa shape index (κ3) is 5.73. The molecule has 0 fully saturated rings. The van der Waals surface area contributed by atoms with Gasteiger partial charge >= 0.3 is 5.97 Å². The van der Waals surface area contributed by atoms with Gasteiger partial charge in [0.1, 0.15) is 11.7 Å². The molecule has 112 valence electrons. The van der Waals surface area contributed by atoms with E-state index in [9.17, 15) is 14.4 Å². The monoisotopic (exact) mass is 288 g/mol. The summed E-state index contributed by atoms with van der Waals surface area (Å²) >= 11 is 0. The fraction of sp³-hybridized carbons (Fsp3) is 0.353. The van der Waals surface area contributed by atoms with Crippen molar-refractivity contribution in [1.82, 2.24) is 0 Å². The summed E-state index contributed by atoms with van der Waals surface area (Å²) in [5.74, 6) is -2.12. The van der Waals surface area contributed by atoms with Crippen molar-refractivity contribution in [3.63, 3.8) is 0 Å². The van der Waals surface area contributed by atoms with Gasteiger partial charge in [-0.25, -0.2) is 0 Å². The Morgan fingerprint density at radius 3 is 2.48 bits per heavy atom. The molecule has 1 unspecified atom stereocenters. The number of ether oxygens (including phenoxy) is 1. The average molecular weight is 288 g/mol. The summed E-state index contributed by atoms with van der Waals surface area (Å²) in [6.07, 6.45) is 2.28. The summed E-state index contributed by atoms with van der Waals surface area (Å²) in [7, 11) is 1.21. The molecule has 21 heavy (non-hydrogen) atoms. The number of rotatable bonds is 9. The summed E-state index contributed by atoms with van der Waals surface area (Å²) in [4.78, 5) is 35.4. The first-order valence-electron chi connectivity index (χ1n) is 6.85. The Kier molecular flexibility index (Phi) is 7.09. The fourth-order valence-electron chi connectivity index (χ4n) is 2.01. The lowest BCUT2D eigenvalue weighted by molar-refractivity contribution is -0.151. The van der Waals surface area contributed by atoms with Crippen LogP contribution >= 0.6 is 0 Å². The van der Waals surface area contributed by atoms with Crippen molar-refractivity contribution >= 4 is 17.5 Å². The zero-order valence-electron chi connectivity index (χ0n) is 12.2. The molecule has 0 heterocycles. The second kappa shape index (κ2) is 8.84. The molecule has 0 aliphatic carbocycles. The fourth-order valence-corrected chi connectivity index (χ4v) is 2.01. The van der Waals surface area contributed by atoms with Crippen LogP contribution in [0.2, 0.25) is 0 Å². The highest BCUT2D eigenvalue weighted by Crippen LogP contribution is 2.13. The number of carbonyl (C=O) groups is 3. The van der Waals surface area contributed by atoms with E-state index >= 15 is 0 Å². The van der Waals surface area contributed by atoms with Gasteiger partial charge in [-0.1, -0.05) is 36.4 Å². The van der Waals surface area contributed by atoms with Crippen LogP contribution in [0.15, 0.2) is 43.0 Å². The molecule has 1 rings (SSSR count). The smallest absolute Gasteiger partial charge is 0.316 e. The van der Waals surface area contributed by atoms with Crippen molar-refractivity contribution in [2.45, 2.75) is 25.7 Å². The van der Waals surface area contributed by atoms with Gasteiger partial charge in [0.25, 0.3) is 0 Å². The van der Waals surface area contributed by atoms with Crippen molar-refractivity contribution in [2.24, 2.45) is 5.92 Å². The number of Topliss-reactive ketones (excluding diaryl/α,β-unsaturated/α-hetero) is 2. The minimum atomic E-state index is -1.02. The molecule has 0 bridgehead atoms. The van der Waals surface area contributed by atoms with Gasteiger partial charge in [0.05, 0.1) is 7.11 Å². The van der Waals surface area contributed by atoms with E-state index in [2.05, 4.69) is 11.3 Å². The first kappa shape index (κ1) is 16.8. The summed E-state index contributed by atoms with van der Waals surface area (Å²) in [6.45, 7) is 3.47. The van der Waals surface area contributed by atoms with Gasteiger partial charge < -0.3 is 4.74 Å². The molecular formula is C17H20O4. The van der Waals surface area contributed by atoms with Gasteiger partial charge in [0, 0.05) is 19.3 Å². The molecule has 1 atom stereocenters. The lowest BCUT2D eigenvalue weighted by Gasteiger charge is -2.12. The number of ketones is 2. The maximum Gasteiger partial charge on any atom is 0.316 e. The van der Waals surface area contributed by atoms with Crippen LogP contribution in [0.5, 0.6) is 0 Å². The molecule has 0 saturated heterocycles. The van der Waals surface area contributed by atoms with Gasteiger partial charge in [-0.15, -0.1) is 6.58 Å². The Balaban J connectivity index is 2.57. The molecule has 0 aromatic heterocycles. The number of benzene rings is 1. The van der Waals surface area contributed by atoms with Gasteiger partial charge in [-0.2, -0.15) is 0 Å². The van der Waals surface area contributed by atoms with Crippen molar-refractivity contribution in [3.05, 3.63) is 48.6 Å². The highest BCUT2D eigenvalue weighted by molar-refractivity contribution is 6.02. The number of aryl methyl sites for hydroxylation is 1. The Labute approximate surface area is 124 Å². The first-order valence-corrected chi connectivity index (χ1v) is 6.85. The Bertz CT molecular complexity index is 505. The molecular weight excluding hydrogens is 268 g/mol. The molecule has 0 saturated carbocycles. The van der Waals surface area contributed by atoms with Crippen LogP contribution in [-0.4, -0.2) is 24.6 Å². The van der Waals surface area contributed by atoms with E-state index in [-0.39, 0.29) is 24.4 Å². The van der Waals surface area contributed by atoms with Crippen LogP contribution < -0.4 is 0 Å².